The number of amides is 1. The zero-order valence-corrected chi connectivity index (χ0v) is 13.1. The topological polar surface area (TPSA) is 185 Å². The molecule has 1 unspecified atom stereocenters. The molecule has 134 valence electrons. The summed E-state index contributed by atoms with van der Waals surface area (Å²) >= 11 is 0. The van der Waals surface area contributed by atoms with Gasteiger partial charge in [-0.05, 0) is 11.6 Å². The summed E-state index contributed by atoms with van der Waals surface area (Å²) in [5.41, 5.74) is 8.66. The van der Waals surface area contributed by atoms with E-state index >= 15 is 0 Å². The van der Waals surface area contributed by atoms with Gasteiger partial charge in [0.25, 0.3) is 0 Å². The van der Waals surface area contributed by atoms with Gasteiger partial charge >= 0.3 is 5.97 Å². The summed E-state index contributed by atoms with van der Waals surface area (Å²) < 4.78 is 5.14. The first kappa shape index (κ1) is 19.7. The Balaban J connectivity index is 3.26. The maximum absolute atomic E-state index is 12.0. The third-order valence-electron chi connectivity index (χ3n) is 3.45. The van der Waals surface area contributed by atoms with E-state index in [9.17, 15) is 19.8 Å². The third-order valence-corrected chi connectivity index (χ3v) is 3.45. The van der Waals surface area contributed by atoms with Crippen molar-refractivity contribution in [1.82, 2.24) is 5.32 Å². The van der Waals surface area contributed by atoms with Crippen LogP contribution in [0.25, 0.3) is 10.4 Å². The number of hydrogen-bond acceptors (Lipinski definition) is 7. The molecule has 0 aromatic carbocycles. The molecular weight excluding hydrogens is 324 g/mol. The monoisotopic (exact) mass is 344 g/mol. The quantitative estimate of drug-likeness (QED) is 0.220. The minimum atomic E-state index is -1.73. The number of rotatable bonds is 7. The largest absolute Gasteiger partial charge is 0.478 e. The van der Waals surface area contributed by atoms with E-state index in [1.807, 2.05) is 0 Å². The Morgan fingerprint density at radius 2 is 2.08 bits per heavy atom. The van der Waals surface area contributed by atoms with E-state index in [2.05, 4.69) is 15.3 Å². The summed E-state index contributed by atoms with van der Waals surface area (Å²) in [5.74, 6) is -2.97. The van der Waals surface area contributed by atoms with Crippen LogP contribution in [0.1, 0.15) is 13.8 Å². The summed E-state index contributed by atoms with van der Waals surface area (Å²) in [4.78, 5) is 25.7. The van der Waals surface area contributed by atoms with Crippen molar-refractivity contribution in [2.45, 2.75) is 44.2 Å². The van der Waals surface area contributed by atoms with Crippen LogP contribution in [0.2, 0.25) is 0 Å². The van der Waals surface area contributed by atoms with Crippen molar-refractivity contribution >= 4 is 11.9 Å². The average Bonchev–Trinajstić information content (AvgIpc) is 2.54. The number of aliphatic hydroxyl groups excluding tert-OH is 3. The maximum Gasteiger partial charge on any atom is 0.370 e. The molecule has 0 aliphatic carbocycles. The number of azide groups is 1. The standard InChI is InChI=1S/C13H20N4O7/c1-5(2)12(21)15-9-6(16-17-14)3-8(13(22)23)24-11(9)10(20)7(19)4-18/h3,5-7,9-11,18-20H,4H2,1-2H3,(H,15,21)(H,22,23)/t6-,7?,9+,10+,11+/m0/s1. The zero-order valence-electron chi connectivity index (χ0n) is 13.1. The lowest BCUT2D eigenvalue weighted by atomic mass is 9.92. The molecule has 11 nitrogen and oxygen atoms in total. The Morgan fingerprint density at radius 1 is 1.46 bits per heavy atom. The Bertz CT molecular complexity index is 559. The molecule has 0 aromatic rings. The van der Waals surface area contributed by atoms with Crippen molar-refractivity contribution in [2.75, 3.05) is 6.61 Å². The fourth-order valence-corrected chi connectivity index (χ4v) is 2.11. The van der Waals surface area contributed by atoms with Gasteiger partial charge in [0.1, 0.15) is 18.3 Å². The predicted molar refractivity (Wildman–Crippen MR) is 79.4 cm³/mol. The van der Waals surface area contributed by atoms with E-state index in [1.54, 1.807) is 13.8 Å². The van der Waals surface area contributed by atoms with Crippen LogP contribution < -0.4 is 5.32 Å². The van der Waals surface area contributed by atoms with Crippen molar-refractivity contribution in [3.63, 3.8) is 0 Å². The summed E-state index contributed by atoms with van der Waals surface area (Å²) in [5, 5.41) is 43.7. The Hall–Kier alpha value is -2.33. The molecule has 1 rings (SSSR count). The summed E-state index contributed by atoms with van der Waals surface area (Å²) in [6.07, 6.45) is -3.82. The smallest absolute Gasteiger partial charge is 0.370 e. The molecule has 0 radical (unpaired) electrons. The highest BCUT2D eigenvalue weighted by atomic mass is 16.5. The molecule has 0 saturated heterocycles. The number of carboxylic acid groups (broad SMARTS) is 1. The second kappa shape index (κ2) is 8.50. The lowest BCUT2D eigenvalue weighted by Crippen LogP contribution is -2.60. The SMILES string of the molecule is CC(C)C(=O)N[C@H]1[C@H]([C@H](O)C(O)CO)OC(C(=O)O)=C[C@@H]1N=[N+]=[N-]. The van der Waals surface area contributed by atoms with Gasteiger partial charge in [-0.3, -0.25) is 4.79 Å². The lowest BCUT2D eigenvalue weighted by molar-refractivity contribution is -0.146. The summed E-state index contributed by atoms with van der Waals surface area (Å²) in [6, 6.07) is -2.29. The van der Waals surface area contributed by atoms with Gasteiger partial charge in [-0.1, -0.05) is 19.0 Å². The number of ether oxygens (including phenoxy) is 1. The number of hydrogen-bond donors (Lipinski definition) is 5. The molecule has 1 aliphatic heterocycles. The number of carboxylic acids is 1. The normalized spacial score (nSPS) is 25.8. The molecule has 0 fully saturated rings. The number of nitrogens with one attached hydrogen (secondary N) is 1. The van der Waals surface area contributed by atoms with Crippen molar-refractivity contribution in [1.29, 1.82) is 0 Å². The Labute approximate surface area is 137 Å². The van der Waals surface area contributed by atoms with Crippen LogP contribution in [0.4, 0.5) is 0 Å². The van der Waals surface area contributed by atoms with Crippen LogP contribution in [-0.2, 0) is 14.3 Å². The van der Waals surface area contributed by atoms with E-state index in [-0.39, 0.29) is 0 Å². The van der Waals surface area contributed by atoms with Gasteiger partial charge in [0.2, 0.25) is 11.7 Å². The molecule has 1 amide bonds. The fourth-order valence-electron chi connectivity index (χ4n) is 2.11. The predicted octanol–water partition coefficient (Wildman–Crippen LogP) is -1.11. The highest BCUT2D eigenvalue weighted by molar-refractivity contribution is 5.85. The highest BCUT2D eigenvalue weighted by Gasteiger charge is 2.43. The first-order valence-electron chi connectivity index (χ1n) is 7.16. The van der Waals surface area contributed by atoms with Crippen LogP contribution in [0.15, 0.2) is 16.9 Å². The maximum atomic E-state index is 12.0. The summed E-state index contributed by atoms with van der Waals surface area (Å²) in [6.45, 7) is 2.40. The van der Waals surface area contributed by atoms with Gasteiger partial charge in [0.15, 0.2) is 0 Å². The molecule has 24 heavy (non-hydrogen) atoms. The van der Waals surface area contributed by atoms with Gasteiger partial charge < -0.3 is 30.5 Å². The van der Waals surface area contributed by atoms with E-state index < -0.39 is 60.6 Å². The first-order chi connectivity index (χ1) is 11.2. The Kier molecular flexibility index (Phi) is 6.98. The molecule has 1 heterocycles. The van der Waals surface area contributed by atoms with Gasteiger partial charge in [-0.2, -0.15) is 0 Å². The van der Waals surface area contributed by atoms with Gasteiger partial charge in [-0.15, -0.1) is 0 Å². The fraction of sp³-hybridized carbons (Fsp3) is 0.692. The average molecular weight is 344 g/mol. The first-order valence-corrected chi connectivity index (χ1v) is 7.16. The van der Waals surface area contributed by atoms with Crippen LogP contribution >= 0.6 is 0 Å². The lowest BCUT2D eigenvalue weighted by Gasteiger charge is -2.38. The summed E-state index contributed by atoms with van der Waals surface area (Å²) in [7, 11) is 0. The second-order valence-corrected chi connectivity index (χ2v) is 5.54. The van der Waals surface area contributed by atoms with Crippen molar-refractivity contribution in [3.05, 3.63) is 22.3 Å². The van der Waals surface area contributed by atoms with Gasteiger partial charge in [0.05, 0.1) is 18.7 Å². The molecule has 11 heteroatoms. The molecule has 0 bridgehead atoms. The van der Waals surface area contributed by atoms with Crippen LogP contribution in [0, 0.1) is 5.92 Å². The molecule has 5 atom stereocenters. The number of carbonyl (C=O) groups is 2. The third kappa shape index (κ3) is 4.59. The Morgan fingerprint density at radius 3 is 2.54 bits per heavy atom. The number of nitrogens with zero attached hydrogens (tertiary/aromatic N) is 3. The van der Waals surface area contributed by atoms with Gasteiger partial charge in [-0.25, -0.2) is 4.79 Å². The molecule has 0 saturated carbocycles. The zero-order chi connectivity index (χ0) is 18.4. The van der Waals surface area contributed by atoms with E-state index in [1.165, 1.54) is 0 Å². The molecule has 1 aliphatic rings. The van der Waals surface area contributed by atoms with Crippen molar-refractivity contribution in [2.24, 2.45) is 11.0 Å². The molecule has 0 spiro atoms. The number of carbonyl (C=O) groups excluding carboxylic acids is 1. The number of aliphatic carboxylic acids is 1. The molecule has 0 aromatic heterocycles. The van der Waals surface area contributed by atoms with Crippen LogP contribution in [0.5, 0.6) is 0 Å². The molecular formula is C13H20N4O7. The van der Waals surface area contributed by atoms with E-state index in [0.717, 1.165) is 6.08 Å². The highest BCUT2D eigenvalue weighted by Crippen LogP contribution is 2.25. The van der Waals surface area contributed by atoms with Gasteiger partial charge in [0, 0.05) is 10.8 Å². The van der Waals surface area contributed by atoms with Crippen molar-refractivity contribution in [3.8, 4) is 0 Å². The second-order valence-electron chi connectivity index (χ2n) is 5.54. The number of aliphatic hydroxyl groups is 3. The van der Waals surface area contributed by atoms with E-state index in [4.69, 9.17) is 20.5 Å². The van der Waals surface area contributed by atoms with E-state index in [0.29, 0.717) is 0 Å². The van der Waals surface area contributed by atoms with Crippen molar-refractivity contribution < 1.29 is 34.8 Å². The minimum Gasteiger partial charge on any atom is -0.478 e. The minimum absolute atomic E-state index is 0.442. The van der Waals surface area contributed by atoms with Crippen LogP contribution in [0.3, 0.4) is 0 Å². The van der Waals surface area contributed by atoms with Crippen LogP contribution in [-0.4, -0.2) is 69.3 Å². The molecule has 5 N–H and O–H groups in total.